The average molecular weight is 270 g/mol. The fourth-order valence-electron chi connectivity index (χ4n) is 2.34. The first kappa shape index (κ1) is 14.4. The smallest absolute Gasteiger partial charge is 0.132 e. The van der Waals surface area contributed by atoms with Crippen LogP contribution in [-0.2, 0) is 0 Å². The van der Waals surface area contributed by atoms with Gasteiger partial charge in [0.15, 0.2) is 0 Å². The first-order chi connectivity index (χ1) is 9.63. The second-order valence-electron chi connectivity index (χ2n) is 5.12. The Morgan fingerprint density at radius 2 is 2.00 bits per heavy atom. The number of aryl methyl sites for hydroxylation is 1. The molecule has 4 nitrogen and oxygen atoms in total. The van der Waals surface area contributed by atoms with Gasteiger partial charge >= 0.3 is 0 Å². The molecule has 20 heavy (non-hydrogen) atoms. The molecular weight excluding hydrogens is 248 g/mol. The number of nitrogens with zero attached hydrogens (tertiary/aromatic N) is 3. The molecule has 1 atom stereocenters. The summed E-state index contributed by atoms with van der Waals surface area (Å²) in [4.78, 5) is 13.5. The first-order valence-corrected chi connectivity index (χ1v) is 7.21. The lowest BCUT2D eigenvalue weighted by Gasteiger charge is -2.14. The largest absolute Gasteiger partial charge is 0.384 e. The van der Waals surface area contributed by atoms with E-state index in [9.17, 15) is 0 Å². The van der Waals surface area contributed by atoms with Crippen molar-refractivity contribution in [2.75, 3.05) is 5.73 Å². The minimum Gasteiger partial charge on any atom is -0.384 e. The normalized spacial score (nSPS) is 12.3. The van der Waals surface area contributed by atoms with Crippen molar-refractivity contribution >= 4 is 5.82 Å². The molecule has 2 aromatic rings. The monoisotopic (exact) mass is 270 g/mol. The second-order valence-corrected chi connectivity index (χ2v) is 5.12. The van der Waals surface area contributed by atoms with Crippen LogP contribution in [0.15, 0.2) is 24.4 Å². The quantitative estimate of drug-likeness (QED) is 0.899. The predicted molar refractivity (Wildman–Crippen MR) is 82.4 cm³/mol. The molecule has 0 bridgehead atoms. The molecular formula is C16H22N4. The third-order valence-electron chi connectivity index (χ3n) is 3.45. The van der Waals surface area contributed by atoms with Crippen LogP contribution in [0.1, 0.15) is 50.5 Å². The van der Waals surface area contributed by atoms with Crippen molar-refractivity contribution in [3.8, 4) is 11.3 Å². The summed E-state index contributed by atoms with van der Waals surface area (Å²) in [5.41, 5.74) is 8.54. The van der Waals surface area contributed by atoms with Crippen LogP contribution < -0.4 is 5.73 Å². The molecule has 0 amide bonds. The minimum absolute atomic E-state index is 0.431. The van der Waals surface area contributed by atoms with Gasteiger partial charge in [0.2, 0.25) is 0 Å². The molecule has 0 radical (unpaired) electrons. The van der Waals surface area contributed by atoms with Gasteiger partial charge < -0.3 is 5.73 Å². The maximum Gasteiger partial charge on any atom is 0.132 e. The van der Waals surface area contributed by atoms with Gasteiger partial charge in [0.25, 0.3) is 0 Å². The van der Waals surface area contributed by atoms with E-state index < -0.39 is 0 Å². The van der Waals surface area contributed by atoms with Crippen LogP contribution in [-0.4, -0.2) is 15.0 Å². The summed E-state index contributed by atoms with van der Waals surface area (Å²) in [6.45, 7) is 6.40. The van der Waals surface area contributed by atoms with Gasteiger partial charge in [0, 0.05) is 23.4 Å². The number of hydrogen-bond acceptors (Lipinski definition) is 4. The maximum atomic E-state index is 5.63. The summed E-state index contributed by atoms with van der Waals surface area (Å²) in [6, 6.07) is 5.75. The summed E-state index contributed by atoms with van der Waals surface area (Å²) in [5, 5.41) is 0. The molecule has 2 heterocycles. The molecule has 2 aromatic heterocycles. The molecule has 2 N–H and O–H groups in total. The third kappa shape index (κ3) is 3.32. The highest BCUT2D eigenvalue weighted by atomic mass is 14.9. The van der Waals surface area contributed by atoms with Crippen molar-refractivity contribution in [3.05, 3.63) is 35.9 Å². The first-order valence-electron chi connectivity index (χ1n) is 7.21. The molecule has 0 aliphatic rings. The molecule has 0 spiro atoms. The second kappa shape index (κ2) is 6.46. The van der Waals surface area contributed by atoms with Crippen molar-refractivity contribution in [2.24, 2.45) is 0 Å². The molecule has 0 aliphatic heterocycles. The van der Waals surface area contributed by atoms with E-state index in [2.05, 4.69) is 23.8 Å². The molecule has 0 aromatic carbocycles. The van der Waals surface area contributed by atoms with E-state index in [1.54, 1.807) is 12.3 Å². The zero-order valence-electron chi connectivity index (χ0n) is 12.4. The van der Waals surface area contributed by atoms with Gasteiger partial charge in [0.1, 0.15) is 11.6 Å². The van der Waals surface area contributed by atoms with E-state index in [0.29, 0.717) is 11.7 Å². The Bertz CT molecular complexity index is 563. The van der Waals surface area contributed by atoms with Gasteiger partial charge in [0.05, 0.1) is 5.69 Å². The van der Waals surface area contributed by atoms with Crippen molar-refractivity contribution < 1.29 is 0 Å². The lowest BCUT2D eigenvalue weighted by atomic mass is 9.99. The van der Waals surface area contributed by atoms with Crippen molar-refractivity contribution in [3.63, 3.8) is 0 Å². The topological polar surface area (TPSA) is 64.7 Å². The number of pyridine rings is 1. The third-order valence-corrected chi connectivity index (χ3v) is 3.45. The summed E-state index contributed by atoms with van der Waals surface area (Å²) in [7, 11) is 0. The van der Waals surface area contributed by atoms with E-state index in [-0.39, 0.29) is 0 Å². The van der Waals surface area contributed by atoms with Crippen LogP contribution in [0, 0.1) is 6.92 Å². The average Bonchev–Trinajstić information content (AvgIpc) is 2.44. The summed E-state index contributed by atoms with van der Waals surface area (Å²) in [5.74, 6) is 1.90. The maximum absolute atomic E-state index is 5.63. The van der Waals surface area contributed by atoms with Crippen molar-refractivity contribution in [1.82, 2.24) is 15.0 Å². The zero-order chi connectivity index (χ0) is 14.5. The zero-order valence-corrected chi connectivity index (χ0v) is 12.4. The SMILES string of the molecule is CCCC(CC)c1nc(C)cc(-c2ccc(N)nc2)n1. The van der Waals surface area contributed by atoms with Gasteiger partial charge in [-0.05, 0) is 38.0 Å². The van der Waals surface area contributed by atoms with E-state index in [1.165, 1.54) is 0 Å². The highest BCUT2D eigenvalue weighted by Gasteiger charge is 2.14. The Balaban J connectivity index is 2.39. The van der Waals surface area contributed by atoms with Gasteiger partial charge in [-0.1, -0.05) is 20.3 Å². The number of anilines is 1. The van der Waals surface area contributed by atoms with E-state index in [0.717, 1.165) is 42.0 Å². The Kier molecular flexibility index (Phi) is 4.66. The van der Waals surface area contributed by atoms with Gasteiger partial charge in [-0.2, -0.15) is 0 Å². The van der Waals surface area contributed by atoms with Crippen molar-refractivity contribution in [1.29, 1.82) is 0 Å². The highest BCUT2D eigenvalue weighted by molar-refractivity contribution is 5.59. The lowest BCUT2D eigenvalue weighted by molar-refractivity contribution is 0.563. The lowest BCUT2D eigenvalue weighted by Crippen LogP contribution is -2.06. The van der Waals surface area contributed by atoms with Crippen molar-refractivity contribution in [2.45, 2.75) is 46.0 Å². The number of hydrogen-bond donors (Lipinski definition) is 1. The number of nitrogens with two attached hydrogens (primary N) is 1. The molecule has 0 saturated carbocycles. The Labute approximate surface area is 120 Å². The Hall–Kier alpha value is -1.97. The summed E-state index contributed by atoms with van der Waals surface area (Å²) >= 11 is 0. The van der Waals surface area contributed by atoms with Gasteiger partial charge in [-0.25, -0.2) is 15.0 Å². The van der Waals surface area contributed by atoms with Crippen LogP contribution in [0.5, 0.6) is 0 Å². The molecule has 106 valence electrons. The standard InChI is InChI=1S/C16H22N4/c1-4-6-12(5-2)16-19-11(3)9-14(20-16)13-7-8-15(17)18-10-13/h7-10,12H,4-6H2,1-3H3,(H2,17,18). The van der Waals surface area contributed by atoms with E-state index in [1.807, 2.05) is 19.1 Å². The van der Waals surface area contributed by atoms with Crippen LogP contribution in [0.2, 0.25) is 0 Å². The van der Waals surface area contributed by atoms with Gasteiger partial charge in [-0.3, -0.25) is 0 Å². The minimum atomic E-state index is 0.431. The molecule has 0 saturated heterocycles. The predicted octanol–water partition coefficient (Wildman–Crippen LogP) is 3.72. The van der Waals surface area contributed by atoms with Crippen LogP contribution in [0.3, 0.4) is 0 Å². The molecule has 0 aliphatic carbocycles. The Morgan fingerprint density at radius 1 is 1.20 bits per heavy atom. The number of nitrogen functional groups attached to an aromatic ring is 1. The fourth-order valence-corrected chi connectivity index (χ4v) is 2.34. The molecule has 1 unspecified atom stereocenters. The summed E-state index contributed by atoms with van der Waals surface area (Å²) < 4.78 is 0. The highest BCUT2D eigenvalue weighted by Crippen LogP contribution is 2.25. The van der Waals surface area contributed by atoms with Crippen LogP contribution in [0.4, 0.5) is 5.82 Å². The Morgan fingerprint density at radius 3 is 2.60 bits per heavy atom. The summed E-state index contributed by atoms with van der Waals surface area (Å²) in [6.07, 6.45) is 5.10. The molecule has 2 rings (SSSR count). The number of rotatable bonds is 5. The number of aromatic nitrogens is 3. The molecule has 0 fully saturated rings. The fraction of sp³-hybridized carbons (Fsp3) is 0.438. The molecule has 4 heteroatoms. The van der Waals surface area contributed by atoms with E-state index in [4.69, 9.17) is 10.7 Å². The van der Waals surface area contributed by atoms with Crippen LogP contribution >= 0.6 is 0 Å². The van der Waals surface area contributed by atoms with Crippen LogP contribution in [0.25, 0.3) is 11.3 Å². The van der Waals surface area contributed by atoms with Gasteiger partial charge in [-0.15, -0.1) is 0 Å². The van der Waals surface area contributed by atoms with E-state index >= 15 is 0 Å².